The molecule has 0 aliphatic carbocycles. The highest BCUT2D eigenvalue weighted by atomic mass is 32.1. The van der Waals surface area contributed by atoms with Gasteiger partial charge in [-0.05, 0) is 31.4 Å². The van der Waals surface area contributed by atoms with Gasteiger partial charge in [-0.2, -0.15) is 0 Å². The molecule has 3 rings (SSSR count). The van der Waals surface area contributed by atoms with E-state index < -0.39 is 0 Å². The van der Waals surface area contributed by atoms with Crippen LogP contribution in [0, 0.1) is 6.92 Å². The molecule has 1 N–H and O–H groups in total. The van der Waals surface area contributed by atoms with Gasteiger partial charge in [0.2, 0.25) is 5.13 Å². The molecule has 0 spiro atoms. The molecule has 2 heterocycles. The number of unbranched alkanes of at least 4 members (excludes halogenated alkanes) is 2. The number of hydrogen-bond acceptors (Lipinski definition) is 5. The number of carbonyl (C=O) groups is 1. The Morgan fingerprint density at radius 1 is 1.15 bits per heavy atom. The molecule has 2 aromatic heterocycles. The fourth-order valence-electron chi connectivity index (χ4n) is 3.09. The van der Waals surface area contributed by atoms with E-state index in [0.717, 1.165) is 46.4 Å². The van der Waals surface area contributed by atoms with Crippen LogP contribution in [0.25, 0.3) is 10.9 Å². The predicted molar refractivity (Wildman–Crippen MR) is 107 cm³/mol. The second-order valence-corrected chi connectivity index (χ2v) is 7.40. The van der Waals surface area contributed by atoms with Gasteiger partial charge >= 0.3 is 0 Å². The van der Waals surface area contributed by atoms with Crippen molar-refractivity contribution in [1.82, 2.24) is 15.2 Å². The van der Waals surface area contributed by atoms with Gasteiger partial charge < -0.3 is 0 Å². The number of pyridine rings is 1. The average molecular weight is 369 g/mol. The number of anilines is 1. The molecule has 0 fully saturated rings. The van der Waals surface area contributed by atoms with Gasteiger partial charge in [0.05, 0.1) is 11.1 Å². The molecule has 1 aromatic carbocycles. The summed E-state index contributed by atoms with van der Waals surface area (Å²) in [5, 5.41) is 13.7. The lowest BCUT2D eigenvalue weighted by atomic mass is 9.99. The smallest absolute Gasteiger partial charge is 0.258 e. The molecule has 0 bridgehead atoms. The number of rotatable bonds is 7. The Labute approximate surface area is 157 Å². The van der Waals surface area contributed by atoms with Gasteiger partial charge in [-0.1, -0.05) is 56.2 Å². The van der Waals surface area contributed by atoms with Crippen LogP contribution < -0.4 is 5.32 Å². The quantitative estimate of drug-likeness (QED) is 0.600. The summed E-state index contributed by atoms with van der Waals surface area (Å²) in [6, 6.07) is 7.77. The minimum absolute atomic E-state index is 0.146. The van der Waals surface area contributed by atoms with Gasteiger partial charge in [0.1, 0.15) is 5.01 Å². The first-order chi connectivity index (χ1) is 12.6. The first kappa shape index (κ1) is 18.5. The number of hydrogen-bond donors (Lipinski definition) is 1. The molecule has 5 nitrogen and oxygen atoms in total. The average Bonchev–Trinajstić information content (AvgIpc) is 3.08. The normalized spacial score (nSPS) is 11.0. The van der Waals surface area contributed by atoms with Crippen molar-refractivity contribution in [1.29, 1.82) is 0 Å². The third-order valence-corrected chi connectivity index (χ3v) is 5.38. The number of para-hydroxylation sites is 1. The van der Waals surface area contributed by atoms with Gasteiger partial charge in [-0.25, -0.2) is 0 Å². The zero-order chi connectivity index (χ0) is 18.5. The summed E-state index contributed by atoms with van der Waals surface area (Å²) in [5.74, 6) is -0.146. The highest BCUT2D eigenvalue weighted by Crippen LogP contribution is 2.25. The fourth-order valence-corrected chi connectivity index (χ4v) is 3.86. The summed E-state index contributed by atoms with van der Waals surface area (Å²) in [7, 11) is 0. The molecule has 3 aromatic rings. The summed E-state index contributed by atoms with van der Waals surface area (Å²) in [4.78, 5) is 17.7. The second-order valence-electron chi connectivity index (χ2n) is 6.34. The van der Waals surface area contributed by atoms with Crippen LogP contribution in [-0.2, 0) is 12.8 Å². The Morgan fingerprint density at radius 3 is 2.73 bits per heavy atom. The molecule has 136 valence electrons. The number of fused-ring (bicyclic) bond motifs is 1. The van der Waals surface area contributed by atoms with E-state index in [1.54, 1.807) is 0 Å². The molecule has 0 saturated heterocycles. The number of aryl methyl sites for hydroxylation is 2. The molecular formula is C20H24N4OS. The second kappa shape index (κ2) is 8.36. The number of benzene rings is 1. The SMILES string of the molecule is CCCCCc1nnc(NC(=O)c2c(C)c(CC)nc3ccccc23)s1. The van der Waals surface area contributed by atoms with Crippen molar-refractivity contribution in [2.45, 2.75) is 52.9 Å². The van der Waals surface area contributed by atoms with Crippen molar-refractivity contribution in [3.8, 4) is 0 Å². The van der Waals surface area contributed by atoms with Gasteiger partial charge in [0.25, 0.3) is 5.91 Å². The first-order valence-electron chi connectivity index (χ1n) is 9.16. The van der Waals surface area contributed by atoms with E-state index in [4.69, 9.17) is 0 Å². The van der Waals surface area contributed by atoms with Crippen molar-refractivity contribution in [2.24, 2.45) is 0 Å². The number of nitrogens with zero attached hydrogens (tertiary/aromatic N) is 3. The molecule has 26 heavy (non-hydrogen) atoms. The first-order valence-corrected chi connectivity index (χ1v) is 9.97. The van der Waals surface area contributed by atoms with E-state index in [0.29, 0.717) is 10.7 Å². The van der Waals surface area contributed by atoms with Crippen LogP contribution >= 0.6 is 11.3 Å². The minimum Gasteiger partial charge on any atom is -0.296 e. The lowest BCUT2D eigenvalue weighted by Gasteiger charge is -2.12. The van der Waals surface area contributed by atoms with E-state index in [9.17, 15) is 4.79 Å². The van der Waals surface area contributed by atoms with Crippen molar-refractivity contribution >= 4 is 33.3 Å². The van der Waals surface area contributed by atoms with Crippen molar-refractivity contribution in [3.05, 3.63) is 46.1 Å². The molecule has 0 saturated carbocycles. The fraction of sp³-hybridized carbons (Fsp3) is 0.400. The summed E-state index contributed by atoms with van der Waals surface area (Å²) < 4.78 is 0. The third kappa shape index (κ3) is 3.90. The minimum atomic E-state index is -0.146. The number of aromatic nitrogens is 3. The highest BCUT2D eigenvalue weighted by molar-refractivity contribution is 7.15. The standard InChI is InChI=1S/C20H24N4OS/c1-4-6-7-12-17-23-24-20(26-17)22-19(25)18-13(3)15(5-2)21-16-11-9-8-10-14(16)18/h8-11H,4-7,12H2,1-3H3,(H,22,24,25). The molecule has 0 aliphatic heterocycles. The number of carbonyl (C=O) groups excluding carboxylic acids is 1. The van der Waals surface area contributed by atoms with E-state index in [2.05, 4.69) is 34.3 Å². The Kier molecular flexibility index (Phi) is 5.93. The van der Waals surface area contributed by atoms with Crippen LogP contribution in [0.1, 0.15) is 59.7 Å². The van der Waals surface area contributed by atoms with Crippen LogP contribution in [0.2, 0.25) is 0 Å². The van der Waals surface area contributed by atoms with Crippen molar-refractivity contribution in [2.75, 3.05) is 5.32 Å². The third-order valence-electron chi connectivity index (χ3n) is 4.48. The van der Waals surface area contributed by atoms with E-state index in [-0.39, 0.29) is 5.91 Å². The van der Waals surface area contributed by atoms with Crippen molar-refractivity contribution < 1.29 is 4.79 Å². The Morgan fingerprint density at radius 2 is 1.96 bits per heavy atom. The lowest BCUT2D eigenvalue weighted by molar-refractivity contribution is 0.102. The topological polar surface area (TPSA) is 67.8 Å². The van der Waals surface area contributed by atoms with Crippen LogP contribution in [0.5, 0.6) is 0 Å². The molecule has 0 unspecified atom stereocenters. The zero-order valence-corrected chi connectivity index (χ0v) is 16.3. The highest BCUT2D eigenvalue weighted by Gasteiger charge is 2.18. The molecular weight excluding hydrogens is 344 g/mol. The van der Waals surface area contributed by atoms with Crippen LogP contribution in [0.15, 0.2) is 24.3 Å². The zero-order valence-electron chi connectivity index (χ0n) is 15.5. The van der Waals surface area contributed by atoms with Crippen LogP contribution in [0.3, 0.4) is 0 Å². The maximum atomic E-state index is 13.0. The molecule has 0 atom stereocenters. The van der Waals surface area contributed by atoms with Crippen LogP contribution in [0.4, 0.5) is 5.13 Å². The Hall–Kier alpha value is -2.34. The van der Waals surface area contributed by atoms with Gasteiger partial charge in [-0.15, -0.1) is 10.2 Å². The van der Waals surface area contributed by atoms with Gasteiger partial charge in [0, 0.05) is 17.5 Å². The summed E-state index contributed by atoms with van der Waals surface area (Å²) >= 11 is 1.46. The molecule has 1 amide bonds. The van der Waals surface area contributed by atoms with Gasteiger partial charge in [-0.3, -0.25) is 15.1 Å². The predicted octanol–water partition coefficient (Wildman–Crippen LogP) is 4.94. The van der Waals surface area contributed by atoms with E-state index in [1.165, 1.54) is 24.2 Å². The lowest BCUT2D eigenvalue weighted by Crippen LogP contribution is -2.15. The molecule has 6 heteroatoms. The maximum Gasteiger partial charge on any atom is 0.258 e. The number of amides is 1. The van der Waals surface area contributed by atoms with E-state index in [1.807, 2.05) is 31.2 Å². The van der Waals surface area contributed by atoms with E-state index >= 15 is 0 Å². The van der Waals surface area contributed by atoms with Crippen LogP contribution in [-0.4, -0.2) is 21.1 Å². The Balaban J connectivity index is 1.87. The summed E-state index contributed by atoms with van der Waals surface area (Å²) in [5.41, 5.74) is 3.40. The van der Waals surface area contributed by atoms with Crippen molar-refractivity contribution in [3.63, 3.8) is 0 Å². The monoisotopic (exact) mass is 368 g/mol. The molecule has 0 radical (unpaired) electrons. The molecule has 0 aliphatic rings. The van der Waals surface area contributed by atoms with Gasteiger partial charge in [0.15, 0.2) is 0 Å². The largest absolute Gasteiger partial charge is 0.296 e. The Bertz CT molecular complexity index is 919. The summed E-state index contributed by atoms with van der Waals surface area (Å²) in [6.45, 7) is 6.19. The summed E-state index contributed by atoms with van der Waals surface area (Å²) in [6.07, 6.45) is 5.17. The number of nitrogens with one attached hydrogen (secondary N) is 1. The maximum absolute atomic E-state index is 13.0.